The third-order valence-electron chi connectivity index (χ3n) is 1.97. The molecule has 0 spiro atoms. The Bertz CT molecular complexity index is 332. The van der Waals surface area contributed by atoms with Crippen LogP contribution in [-0.4, -0.2) is 19.0 Å². The van der Waals surface area contributed by atoms with E-state index in [-0.39, 0.29) is 5.91 Å². The summed E-state index contributed by atoms with van der Waals surface area (Å²) in [6.45, 7) is 3.18. The van der Waals surface area contributed by atoms with Crippen LogP contribution in [0.25, 0.3) is 0 Å². The number of amides is 1. The summed E-state index contributed by atoms with van der Waals surface area (Å²) < 4.78 is 0.923. The van der Waals surface area contributed by atoms with E-state index < -0.39 is 0 Å². The number of aryl methyl sites for hydroxylation is 1. The highest BCUT2D eigenvalue weighted by atomic mass is 79.9. The number of hydrogen-bond acceptors (Lipinski definition) is 2. The van der Waals surface area contributed by atoms with E-state index in [1.807, 2.05) is 25.1 Å². The number of carbonyl (C=O) groups is 1. The van der Waals surface area contributed by atoms with Crippen LogP contribution in [-0.2, 0) is 0 Å². The molecule has 1 amide bonds. The van der Waals surface area contributed by atoms with Crippen molar-refractivity contribution in [3.8, 4) is 0 Å². The minimum atomic E-state index is -0.0483. The third-order valence-corrected chi connectivity index (χ3v) is 2.43. The summed E-state index contributed by atoms with van der Waals surface area (Å²) in [5, 5.41) is 2.81. The fourth-order valence-electron chi connectivity index (χ4n) is 1.27. The molecule has 0 unspecified atom stereocenters. The molecule has 0 fully saturated rings. The number of halogens is 1. The molecule has 0 aliphatic carbocycles. The molecule has 0 aliphatic heterocycles. The van der Waals surface area contributed by atoms with Gasteiger partial charge in [-0.25, -0.2) is 0 Å². The van der Waals surface area contributed by atoms with E-state index in [0.29, 0.717) is 18.7 Å². The van der Waals surface area contributed by atoms with Crippen molar-refractivity contribution in [2.75, 3.05) is 13.1 Å². The Hall–Kier alpha value is -0.870. The van der Waals surface area contributed by atoms with Crippen molar-refractivity contribution in [1.29, 1.82) is 0 Å². The van der Waals surface area contributed by atoms with Crippen molar-refractivity contribution in [2.24, 2.45) is 5.73 Å². The van der Waals surface area contributed by atoms with Crippen molar-refractivity contribution in [3.63, 3.8) is 0 Å². The monoisotopic (exact) mass is 270 g/mol. The van der Waals surface area contributed by atoms with Crippen molar-refractivity contribution >= 4 is 21.8 Å². The van der Waals surface area contributed by atoms with Crippen LogP contribution in [0.2, 0.25) is 0 Å². The highest BCUT2D eigenvalue weighted by Crippen LogP contribution is 2.15. The molecule has 0 saturated heterocycles. The van der Waals surface area contributed by atoms with Gasteiger partial charge in [-0.05, 0) is 43.7 Å². The topological polar surface area (TPSA) is 55.1 Å². The second kappa shape index (κ2) is 5.88. The summed E-state index contributed by atoms with van der Waals surface area (Å²) in [6, 6.07) is 5.64. The van der Waals surface area contributed by atoms with Gasteiger partial charge in [0.05, 0.1) is 0 Å². The minimum absolute atomic E-state index is 0.0483. The second-order valence-electron chi connectivity index (χ2n) is 3.42. The van der Waals surface area contributed by atoms with Gasteiger partial charge >= 0.3 is 0 Å². The van der Waals surface area contributed by atoms with Gasteiger partial charge in [-0.1, -0.05) is 15.9 Å². The summed E-state index contributed by atoms with van der Waals surface area (Å²) in [5.74, 6) is -0.0483. The highest BCUT2D eigenvalue weighted by Gasteiger charge is 2.05. The molecule has 0 aliphatic rings. The van der Waals surface area contributed by atoms with Crippen LogP contribution in [0.15, 0.2) is 22.7 Å². The zero-order valence-corrected chi connectivity index (χ0v) is 10.3. The van der Waals surface area contributed by atoms with Gasteiger partial charge in [0.15, 0.2) is 0 Å². The standard InChI is InChI=1S/C11H15BrN2O/c1-8-5-9(7-10(12)6-8)11(15)14-4-2-3-13/h5-7H,2-4,13H2,1H3,(H,14,15). The number of benzene rings is 1. The van der Waals surface area contributed by atoms with Gasteiger partial charge in [-0.2, -0.15) is 0 Å². The molecule has 0 heterocycles. The third kappa shape index (κ3) is 4.01. The molecule has 4 heteroatoms. The molecule has 1 aromatic carbocycles. The number of nitrogens with two attached hydrogens (primary N) is 1. The average molecular weight is 271 g/mol. The molecule has 0 atom stereocenters. The molecule has 1 aromatic rings. The predicted octanol–water partition coefficient (Wildman–Crippen LogP) is 1.84. The van der Waals surface area contributed by atoms with Crippen LogP contribution in [0, 0.1) is 6.92 Å². The fraction of sp³-hybridized carbons (Fsp3) is 0.364. The highest BCUT2D eigenvalue weighted by molar-refractivity contribution is 9.10. The number of carbonyl (C=O) groups excluding carboxylic acids is 1. The maximum Gasteiger partial charge on any atom is 0.251 e. The normalized spacial score (nSPS) is 10.1. The van der Waals surface area contributed by atoms with E-state index in [2.05, 4.69) is 21.2 Å². The van der Waals surface area contributed by atoms with Crippen LogP contribution < -0.4 is 11.1 Å². The summed E-state index contributed by atoms with van der Waals surface area (Å²) in [4.78, 5) is 11.7. The first-order valence-corrected chi connectivity index (χ1v) is 5.68. The zero-order chi connectivity index (χ0) is 11.3. The predicted molar refractivity (Wildman–Crippen MR) is 64.9 cm³/mol. The summed E-state index contributed by atoms with van der Waals surface area (Å²) >= 11 is 3.36. The fourth-order valence-corrected chi connectivity index (χ4v) is 1.88. The Morgan fingerprint density at radius 1 is 1.47 bits per heavy atom. The lowest BCUT2D eigenvalue weighted by molar-refractivity contribution is 0.0953. The Morgan fingerprint density at radius 3 is 2.80 bits per heavy atom. The van der Waals surface area contributed by atoms with Gasteiger partial charge in [0, 0.05) is 16.6 Å². The second-order valence-corrected chi connectivity index (χ2v) is 4.33. The SMILES string of the molecule is Cc1cc(Br)cc(C(=O)NCCCN)c1. The van der Waals surface area contributed by atoms with Gasteiger partial charge in [0.1, 0.15) is 0 Å². The maximum atomic E-state index is 11.7. The van der Waals surface area contributed by atoms with E-state index in [4.69, 9.17) is 5.73 Å². The first kappa shape index (κ1) is 12.2. The lowest BCUT2D eigenvalue weighted by atomic mass is 10.1. The van der Waals surface area contributed by atoms with Crippen molar-refractivity contribution < 1.29 is 4.79 Å². The molecule has 15 heavy (non-hydrogen) atoms. The summed E-state index contributed by atoms with van der Waals surface area (Å²) in [5.41, 5.74) is 7.09. The van der Waals surface area contributed by atoms with Crippen LogP contribution in [0.5, 0.6) is 0 Å². The smallest absolute Gasteiger partial charge is 0.251 e. The van der Waals surface area contributed by atoms with E-state index in [9.17, 15) is 4.79 Å². The first-order chi connectivity index (χ1) is 7.13. The Labute approximate surface area is 98.2 Å². The number of hydrogen-bond donors (Lipinski definition) is 2. The first-order valence-electron chi connectivity index (χ1n) is 4.89. The largest absolute Gasteiger partial charge is 0.352 e. The lowest BCUT2D eigenvalue weighted by Gasteiger charge is -2.05. The Kier molecular flexibility index (Phi) is 4.78. The Balaban J connectivity index is 2.65. The minimum Gasteiger partial charge on any atom is -0.352 e. The summed E-state index contributed by atoms with van der Waals surface area (Å²) in [7, 11) is 0. The van der Waals surface area contributed by atoms with Crippen LogP contribution in [0.3, 0.4) is 0 Å². The molecular formula is C11H15BrN2O. The molecule has 0 saturated carbocycles. The average Bonchev–Trinajstić information content (AvgIpc) is 2.16. The van der Waals surface area contributed by atoms with E-state index in [0.717, 1.165) is 16.5 Å². The molecule has 0 radical (unpaired) electrons. The van der Waals surface area contributed by atoms with Gasteiger partial charge in [-0.3, -0.25) is 4.79 Å². The molecule has 3 N–H and O–H groups in total. The molecule has 0 bridgehead atoms. The van der Waals surface area contributed by atoms with E-state index in [1.165, 1.54) is 0 Å². The molecule has 1 rings (SSSR count). The van der Waals surface area contributed by atoms with Gasteiger partial charge in [-0.15, -0.1) is 0 Å². The van der Waals surface area contributed by atoms with Gasteiger partial charge in [0.25, 0.3) is 5.91 Å². The Morgan fingerprint density at radius 2 is 2.20 bits per heavy atom. The number of nitrogens with one attached hydrogen (secondary N) is 1. The maximum absolute atomic E-state index is 11.7. The van der Waals surface area contributed by atoms with Crippen LogP contribution in [0.1, 0.15) is 22.3 Å². The zero-order valence-electron chi connectivity index (χ0n) is 8.72. The molecule has 3 nitrogen and oxygen atoms in total. The van der Waals surface area contributed by atoms with Crippen LogP contribution in [0.4, 0.5) is 0 Å². The van der Waals surface area contributed by atoms with Gasteiger partial charge in [0.2, 0.25) is 0 Å². The number of rotatable bonds is 4. The summed E-state index contributed by atoms with van der Waals surface area (Å²) in [6.07, 6.45) is 0.804. The molecule has 82 valence electrons. The molecular weight excluding hydrogens is 256 g/mol. The van der Waals surface area contributed by atoms with Crippen LogP contribution >= 0.6 is 15.9 Å². The van der Waals surface area contributed by atoms with Gasteiger partial charge < -0.3 is 11.1 Å². The van der Waals surface area contributed by atoms with Crippen molar-refractivity contribution in [1.82, 2.24) is 5.32 Å². The van der Waals surface area contributed by atoms with Crippen molar-refractivity contribution in [3.05, 3.63) is 33.8 Å². The molecule has 0 aromatic heterocycles. The lowest BCUT2D eigenvalue weighted by Crippen LogP contribution is -2.25. The van der Waals surface area contributed by atoms with Crippen molar-refractivity contribution in [2.45, 2.75) is 13.3 Å². The van der Waals surface area contributed by atoms with E-state index in [1.54, 1.807) is 0 Å². The quantitative estimate of drug-likeness (QED) is 0.821. The van der Waals surface area contributed by atoms with E-state index >= 15 is 0 Å².